The number of carboxylic acid groups (broad SMARTS) is 1. The molecule has 0 aliphatic heterocycles. The van der Waals surface area contributed by atoms with Crippen LogP contribution in [-0.4, -0.2) is 33.1 Å². The monoisotopic (exact) mass is 248 g/mol. The second-order valence-corrected chi connectivity index (χ2v) is 3.72. The van der Waals surface area contributed by atoms with E-state index in [0.29, 0.717) is 12.3 Å². The minimum absolute atomic E-state index is 0.361. The number of aromatic hydroxyl groups is 1. The van der Waals surface area contributed by atoms with E-state index in [2.05, 4.69) is 5.10 Å². The first-order chi connectivity index (χ1) is 8.61. The number of nitrogens with zero attached hydrogens (tertiary/aromatic N) is 2. The first-order valence-electron chi connectivity index (χ1n) is 5.22. The number of hydrogen-bond acceptors (Lipinski definition) is 4. The van der Waals surface area contributed by atoms with Crippen LogP contribution in [0, 0.1) is 0 Å². The summed E-state index contributed by atoms with van der Waals surface area (Å²) in [6.07, 6.45) is 1.26. The maximum atomic E-state index is 10.8. The maximum Gasteiger partial charge on any atom is 0.360 e. The molecule has 18 heavy (non-hydrogen) atoms. The van der Waals surface area contributed by atoms with Gasteiger partial charge in [0.25, 0.3) is 0 Å². The fourth-order valence-electron chi connectivity index (χ4n) is 1.60. The molecule has 1 heterocycles. The van der Waals surface area contributed by atoms with Gasteiger partial charge in [-0.05, 0) is 17.7 Å². The number of hydrogen-bond donors (Lipinski definition) is 2. The number of rotatable bonds is 4. The van der Waals surface area contributed by atoms with E-state index in [1.165, 1.54) is 10.9 Å². The molecule has 6 heteroatoms. The van der Waals surface area contributed by atoms with Gasteiger partial charge in [0.05, 0.1) is 18.5 Å². The summed E-state index contributed by atoms with van der Waals surface area (Å²) < 4.78 is 6.33. The summed E-state index contributed by atoms with van der Waals surface area (Å²) >= 11 is 0. The van der Waals surface area contributed by atoms with Gasteiger partial charge in [-0.3, -0.25) is 0 Å². The molecule has 0 atom stereocenters. The summed E-state index contributed by atoms with van der Waals surface area (Å²) in [7, 11) is 1.59. The normalized spacial score (nSPS) is 10.5. The SMILES string of the molecule is COCc1cccc(-n2cc(O)c(C(=O)O)n2)c1. The lowest BCUT2D eigenvalue weighted by Gasteiger charge is -2.04. The van der Waals surface area contributed by atoms with Crippen molar-refractivity contribution in [3.8, 4) is 11.4 Å². The van der Waals surface area contributed by atoms with Crippen LogP contribution in [-0.2, 0) is 11.3 Å². The number of aromatic nitrogens is 2. The molecule has 0 aliphatic carbocycles. The number of methoxy groups -OCH3 is 1. The Kier molecular flexibility index (Phi) is 3.29. The first kappa shape index (κ1) is 12.1. The molecule has 0 spiro atoms. The predicted molar refractivity (Wildman–Crippen MR) is 62.9 cm³/mol. The third-order valence-corrected chi connectivity index (χ3v) is 2.38. The third kappa shape index (κ3) is 2.33. The van der Waals surface area contributed by atoms with E-state index in [-0.39, 0.29) is 11.4 Å². The van der Waals surface area contributed by atoms with Crippen LogP contribution in [0.4, 0.5) is 0 Å². The minimum Gasteiger partial charge on any atom is -0.504 e. The minimum atomic E-state index is -1.26. The molecule has 1 aromatic carbocycles. The van der Waals surface area contributed by atoms with Crippen LogP contribution in [0.15, 0.2) is 30.5 Å². The summed E-state index contributed by atoms with van der Waals surface area (Å²) in [5, 5.41) is 22.1. The van der Waals surface area contributed by atoms with Crippen molar-refractivity contribution in [3.05, 3.63) is 41.7 Å². The van der Waals surface area contributed by atoms with Crippen molar-refractivity contribution in [2.45, 2.75) is 6.61 Å². The van der Waals surface area contributed by atoms with E-state index in [4.69, 9.17) is 9.84 Å². The van der Waals surface area contributed by atoms with Crippen LogP contribution in [0.25, 0.3) is 5.69 Å². The fraction of sp³-hybridized carbons (Fsp3) is 0.167. The van der Waals surface area contributed by atoms with Crippen molar-refractivity contribution in [2.75, 3.05) is 7.11 Å². The Morgan fingerprint density at radius 2 is 2.28 bits per heavy atom. The van der Waals surface area contributed by atoms with E-state index >= 15 is 0 Å². The molecule has 0 unspecified atom stereocenters. The van der Waals surface area contributed by atoms with Crippen molar-refractivity contribution in [3.63, 3.8) is 0 Å². The molecule has 2 N–H and O–H groups in total. The van der Waals surface area contributed by atoms with Gasteiger partial charge < -0.3 is 14.9 Å². The smallest absolute Gasteiger partial charge is 0.360 e. The molecule has 0 amide bonds. The van der Waals surface area contributed by atoms with Gasteiger partial charge in [0.1, 0.15) is 0 Å². The third-order valence-electron chi connectivity index (χ3n) is 2.38. The average Bonchev–Trinajstić information content (AvgIpc) is 2.72. The number of carboxylic acids is 1. The van der Waals surface area contributed by atoms with Crippen molar-refractivity contribution < 1.29 is 19.7 Å². The molecule has 0 bridgehead atoms. The highest BCUT2D eigenvalue weighted by molar-refractivity contribution is 5.88. The summed E-state index contributed by atoms with van der Waals surface area (Å²) in [6, 6.07) is 7.26. The highest BCUT2D eigenvalue weighted by Crippen LogP contribution is 2.18. The molecule has 94 valence electrons. The van der Waals surface area contributed by atoms with Gasteiger partial charge in [-0.1, -0.05) is 12.1 Å². The Balaban J connectivity index is 2.39. The van der Waals surface area contributed by atoms with E-state index in [1.807, 2.05) is 18.2 Å². The van der Waals surface area contributed by atoms with Gasteiger partial charge in [0, 0.05) is 7.11 Å². The Morgan fingerprint density at radius 3 is 2.89 bits per heavy atom. The first-order valence-corrected chi connectivity index (χ1v) is 5.22. The molecular formula is C12H12N2O4. The van der Waals surface area contributed by atoms with Crippen LogP contribution < -0.4 is 0 Å². The van der Waals surface area contributed by atoms with Gasteiger partial charge >= 0.3 is 5.97 Å². The highest BCUT2D eigenvalue weighted by Gasteiger charge is 2.15. The van der Waals surface area contributed by atoms with Crippen molar-refractivity contribution >= 4 is 5.97 Å². The van der Waals surface area contributed by atoms with Crippen LogP contribution >= 0.6 is 0 Å². The van der Waals surface area contributed by atoms with Crippen molar-refractivity contribution in [1.82, 2.24) is 9.78 Å². The van der Waals surface area contributed by atoms with E-state index in [0.717, 1.165) is 5.56 Å². The summed E-state index contributed by atoms with van der Waals surface area (Å²) in [5.74, 6) is -1.63. The van der Waals surface area contributed by atoms with Crippen molar-refractivity contribution in [2.24, 2.45) is 0 Å². The van der Waals surface area contributed by atoms with Crippen LogP contribution in [0.5, 0.6) is 5.75 Å². The summed E-state index contributed by atoms with van der Waals surface area (Å²) in [4.78, 5) is 10.8. The maximum absolute atomic E-state index is 10.8. The Labute approximate surface area is 103 Å². The molecule has 0 saturated carbocycles. The number of benzene rings is 1. The summed E-state index contributed by atoms with van der Waals surface area (Å²) in [5.41, 5.74) is 1.22. The second-order valence-electron chi connectivity index (χ2n) is 3.72. The molecule has 2 aromatic rings. The van der Waals surface area contributed by atoms with Crippen molar-refractivity contribution in [1.29, 1.82) is 0 Å². The second kappa shape index (κ2) is 4.89. The zero-order valence-corrected chi connectivity index (χ0v) is 9.70. The van der Waals surface area contributed by atoms with Crippen LogP contribution in [0.2, 0.25) is 0 Å². The lowest BCUT2D eigenvalue weighted by molar-refractivity contribution is 0.0687. The highest BCUT2D eigenvalue weighted by atomic mass is 16.5. The van der Waals surface area contributed by atoms with Gasteiger partial charge in [0.15, 0.2) is 5.75 Å². The molecule has 0 saturated heterocycles. The van der Waals surface area contributed by atoms with E-state index in [9.17, 15) is 9.90 Å². The standard InChI is InChI=1S/C12H12N2O4/c1-18-7-8-3-2-4-9(5-8)14-6-10(15)11(13-14)12(16)17/h2-6,15H,7H2,1H3,(H,16,17). The molecule has 0 radical (unpaired) electrons. The Bertz CT molecular complexity index is 577. The van der Waals surface area contributed by atoms with Gasteiger partial charge in [-0.2, -0.15) is 5.10 Å². The molecule has 0 fully saturated rings. The Morgan fingerprint density at radius 1 is 1.50 bits per heavy atom. The van der Waals surface area contributed by atoms with Crippen LogP contribution in [0.3, 0.4) is 0 Å². The Hall–Kier alpha value is -2.34. The topological polar surface area (TPSA) is 84.6 Å². The van der Waals surface area contributed by atoms with Crippen LogP contribution in [0.1, 0.15) is 16.1 Å². The zero-order valence-electron chi connectivity index (χ0n) is 9.70. The largest absolute Gasteiger partial charge is 0.504 e. The predicted octanol–water partition coefficient (Wildman–Crippen LogP) is 1.42. The number of ether oxygens (including phenoxy) is 1. The molecule has 6 nitrogen and oxygen atoms in total. The molecule has 2 rings (SSSR count). The lowest BCUT2D eigenvalue weighted by Crippen LogP contribution is -2.01. The summed E-state index contributed by atoms with van der Waals surface area (Å²) in [6.45, 7) is 0.451. The van der Waals surface area contributed by atoms with E-state index < -0.39 is 5.97 Å². The zero-order chi connectivity index (χ0) is 13.1. The van der Waals surface area contributed by atoms with Gasteiger partial charge in [0.2, 0.25) is 5.69 Å². The number of carbonyl (C=O) groups is 1. The fourth-order valence-corrected chi connectivity index (χ4v) is 1.60. The average molecular weight is 248 g/mol. The molecule has 1 aromatic heterocycles. The number of aromatic carboxylic acids is 1. The molecule has 0 aliphatic rings. The van der Waals surface area contributed by atoms with E-state index in [1.54, 1.807) is 13.2 Å². The quantitative estimate of drug-likeness (QED) is 0.854. The lowest BCUT2D eigenvalue weighted by atomic mass is 10.2. The molecular weight excluding hydrogens is 236 g/mol. The van der Waals surface area contributed by atoms with Gasteiger partial charge in [-0.25, -0.2) is 9.48 Å². The van der Waals surface area contributed by atoms with Gasteiger partial charge in [-0.15, -0.1) is 0 Å².